The minimum atomic E-state index is -0.506. The van der Waals surface area contributed by atoms with Gasteiger partial charge in [0.05, 0.1) is 17.4 Å². The molecule has 3 rings (SSSR count). The molecule has 0 spiro atoms. The molecule has 5 N–H and O–H groups in total. The van der Waals surface area contributed by atoms with Crippen molar-refractivity contribution in [2.45, 2.75) is 25.3 Å². The number of fused-ring (bicyclic) bond motifs is 1. The molecule has 1 aromatic carbocycles. The highest BCUT2D eigenvalue weighted by atomic mass is 16.2. The minimum absolute atomic E-state index is 0.0526. The number of nitrogens with two attached hydrogens (primary N) is 1. The van der Waals surface area contributed by atoms with E-state index in [1.54, 1.807) is 0 Å². The van der Waals surface area contributed by atoms with E-state index in [9.17, 15) is 9.59 Å². The Balaban J connectivity index is 1.82. The fourth-order valence-corrected chi connectivity index (χ4v) is 2.88. The van der Waals surface area contributed by atoms with E-state index in [1.807, 2.05) is 18.2 Å². The van der Waals surface area contributed by atoms with Crippen molar-refractivity contribution in [3.63, 3.8) is 0 Å². The second-order valence-electron chi connectivity index (χ2n) is 5.46. The summed E-state index contributed by atoms with van der Waals surface area (Å²) in [5, 5.41) is 7.82. The van der Waals surface area contributed by atoms with E-state index >= 15 is 0 Å². The topological polar surface area (TPSA) is 96.2 Å². The molecule has 1 atom stereocenters. The van der Waals surface area contributed by atoms with Crippen LogP contribution in [0.25, 0.3) is 0 Å². The first-order valence-corrected chi connectivity index (χ1v) is 7.22. The van der Waals surface area contributed by atoms with Crippen LogP contribution in [0.5, 0.6) is 0 Å². The Morgan fingerprint density at radius 2 is 2.09 bits per heavy atom. The average Bonchev–Trinajstić information content (AvgIpc) is 2.51. The van der Waals surface area contributed by atoms with Gasteiger partial charge in [0, 0.05) is 0 Å². The van der Waals surface area contributed by atoms with Gasteiger partial charge in [0.15, 0.2) is 0 Å². The molecule has 3 amide bonds. The molecule has 0 radical (unpaired) electrons. The van der Waals surface area contributed by atoms with Gasteiger partial charge in [-0.15, -0.1) is 0 Å². The summed E-state index contributed by atoms with van der Waals surface area (Å²) in [5.74, 6) is -0.393. The number of aryl methyl sites for hydroxylation is 1. The molecule has 1 aromatic rings. The summed E-state index contributed by atoms with van der Waals surface area (Å²) >= 11 is 0. The molecule has 114 valence electrons. The third-order valence-electron chi connectivity index (χ3n) is 4.00. The largest absolute Gasteiger partial charge is 0.395 e. The second-order valence-corrected chi connectivity index (χ2v) is 5.46. The Morgan fingerprint density at radius 1 is 1.32 bits per heavy atom. The summed E-state index contributed by atoms with van der Waals surface area (Å²) in [6.45, 7) is 3.63. The molecule has 0 bridgehead atoms. The lowest BCUT2D eigenvalue weighted by molar-refractivity contribution is -0.118. The highest BCUT2D eigenvalue weighted by Crippen LogP contribution is 2.29. The van der Waals surface area contributed by atoms with Gasteiger partial charge in [-0.2, -0.15) is 0 Å². The van der Waals surface area contributed by atoms with E-state index in [-0.39, 0.29) is 23.1 Å². The van der Waals surface area contributed by atoms with Gasteiger partial charge >= 0.3 is 6.03 Å². The van der Waals surface area contributed by atoms with Crippen molar-refractivity contribution in [2.75, 3.05) is 0 Å². The van der Waals surface area contributed by atoms with Crippen LogP contribution < -0.4 is 21.7 Å². The number of amides is 3. The van der Waals surface area contributed by atoms with Crippen LogP contribution in [0.2, 0.25) is 0 Å². The maximum Gasteiger partial charge on any atom is 0.323 e. The molecule has 0 fully saturated rings. The van der Waals surface area contributed by atoms with Crippen molar-refractivity contribution in [2.24, 2.45) is 5.73 Å². The number of hydrogen-bond acceptors (Lipinski definition) is 3. The normalized spacial score (nSPS) is 20.8. The van der Waals surface area contributed by atoms with E-state index in [0.717, 1.165) is 24.8 Å². The summed E-state index contributed by atoms with van der Waals surface area (Å²) in [6, 6.07) is 7.49. The number of carbonyl (C=O) groups excluding carboxylic acids is 2. The van der Waals surface area contributed by atoms with Gasteiger partial charge in [-0.1, -0.05) is 30.8 Å². The number of hydrogen-bond donors (Lipinski definition) is 4. The summed E-state index contributed by atoms with van der Waals surface area (Å²) in [7, 11) is 0. The summed E-state index contributed by atoms with van der Waals surface area (Å²) in [4.78, 5) is 23.9. The zero-order valence-corrected chi connectivity index (χ0v) is 12.1. The van der Waals surface area contributed by atoms with Crippen LogP contribution in [-0.2, 0) is 11.2 Å². The number of carbonyl (C=O) groups is 2. The van der Waals surface area contributed by atoms with Crippen LogP contribution in [0.1, 0.15) is 30.0 Å². The first kappa shape index (κ1) is 14.2. The molecule has 6 nitrogen and oxygen atoms in total. The van der Waals surface area contributed by atoms with E-state index < -0.39 is 11.9 Å². The number of urea groups is 1. The SMILES string of the molecule is C=C1NC(=O)NC(C(=O)N[C@H]2CCCc3ccccc32)=C1N. The summed E-state index contributed by atoms with van der Waals surface area (Å²) in [5.41, 5.74) is 8.64. The van der Waals surface area contributed by atoms with Gasteiger partial charge < -0.3 is 21.7 Å². The molecule has 1 aliphatic heterocycles. The van der Waals surface area contributed by atoms with Gasteiger partial charge in [-0.3, -0.25) is 4.79 Å². The smallest absolute Gasteiger partial charge is 0.323 e. The van der Waals surface area contributed by atoms with E-state index in [4.69, 9.17) is 5.73 Å². The lowest BCUT2D eigenvalue weighted by Crippen LogP contribution is -2.47. The Labute approximate surface area is 128 Å². The Hall–Kier alpha value is -2.76. The predicted octanol–water partition coefficient (Wildman–Crippen LogP) is 1.18. The molecule has 0 saturated heterocycles. The van der Waals surface area contributed by atoms with Crippen molar-refractivity contribution < 1.29 is 9.59 Å². The first-order valence-electron chi connectivity index (χ1n) is 7.22. The lowest BCUT2D eigenvalue weighted by Gasteiger charge is -2.28. The highest BCUT2D eigenvalue weighted by molar-refractivity contribution is 6.00. The number of nitrogens with one attached hydrogen (secondary N) is 3. The van der Waals surface area contributed by atoms with Gasteiger partial charge in [-0.25, -0.2) is 4.79 Å². The van der Waals surface area contributed by atoms with E-state index in [0.29, 0.717) is 0 Å². The maximum absolute atomic E-state index is 12.4. The molecule has 0 unspecified atom stereocenters. The number of benzene rings is 1. The predicted molar refractivity (Wildman–Crippen MR) is 82.3 cm³/mol. The molecule has 22 heavy (non-hydrogen) atoms. The van der Waals surface area contributed by atoms with Gasteiger partial charge in [0.25, 0.3) is 5.91 Å². The van der Waals surface area contributed by atoms with Crippen LogP contribution in [-0.4, -0.2) is 11.9 Å². The summed E-state index contributed by atoms with van der Waals surface area (Å²) in [6.07, 6.45) is 2.89. The monoisotopic (exact) mass is 298 g/mol. The Morgan fingerprint density at radius 3 is 2.91 bits per heavy atom. The Bertz CT molecular complexity index is 693. The molecular weight excluding hydrogens is 280 g/mol. The molecule has 1 aliphatic carbocycles. The zero-order valence-electron chi connectivity index (χ0n) is 12.1. The average molecular weight is 298 g/mol. The molecule has 0 aromatic heterocycles. The van der Waals surface area contributed by atoms with E-state index in [1.165, 1.54) is 5.56 Å². The standard InChI is InChI=1S/C16H18N4O2/c1-9-13(17)14(20-16(22)18-9)15(21)19-12-8-4-6-10-5-2-3-7-11(10)12/h2-3,5,7,12H,1,4,6,8,17H2,(H,19,21)(H2,18,20,22)/t12-/m0/s1. The van der Waals surface area contributed by atoms with Crippen molar-refractivity contribution >= 4 is 11.9 Å². The van der Waals surface area contributed by atoms with Crippen molar-refractivity contribution in [3.05, 3.63) is 59.1 Å². The van der Waals surface area contributed by atoms with Gasteiger partial charge in [0.1, 0.15) is 5.70 Å². The van der Waals surface area contributed by atoms with Crippen LogP contribution >= 0.6 is 0 Å². The minimum Gasteiger partial charge on any atom is -0.395 e. The van der Waals surface area contributed by atoms with Crippen molar-refractivity contribution in [1.82, 2.24) is 16.0 Å². The molecule has 1 heterocycles. The first-order chi connectivity index (χ1) is 10.6. The third-order valence-corrected chi connectivity index (χ3v) is 4.00. The fraction of sp³-hybridized carbons (Fsp3) is 0.250. The van der Waals surface area contributed by atoms with Gasteiger partial charge in [-0.05, 0) is 30.4 Å². The Kier molecular flexibility index (Phi) is 3.58. The summed E-state index contributed by atoms with van der Waals surface area (Å²) < 4.78 is 0. The quantitative estimate of drug-likeness (QED) is 0.660. The van der Waals surface area contributed by atoms with Crippen LogP contribution in [0, 0.1) is 0 Å². The third kappa shape index (κ3) is 2.55. The molecule has 0 saturated carbocycles. The van der Waals surface area contributed by atoms with Crippen molar-refractivity contribution in [1.29, 1.82) is 0 Å². The molecule has 6 heteroatoms. The van der Waals surface area contributed by atoms with E-state index in [2.05, 4.69) is 28.6 Å². The molecular formula is C16H18N4O2. The van der Waals surface area contributed by atoms with Crippen LogP contribution in [0.15, 0.2) is 47.9 Å². The molecule has 2 aliphatic rings. The zero-order chi connectivity index (χ0) is 15.7. The maximum atomic E-state index is 12.4. The van der Waals surface area contributed by atoms with Crippen LogP contribution in [0.4, 0.5) is 4.79 Å². The van der Waals surface area contributed by atoms with Crippen LogP contribution in [0.3, 0.4) is 0 Å². The van der Waals surface area contributed by atoms with Crippen molar-refractivity contribution in [3.8, 4) is 0 Å². The number of rotatable bonds is 2. The fourth-order valence-electron chi connectivity index (χ4n) is 2.88. The second kappa shape index (κ2) is 5.55. The lowest BCUT2D eigenvalue weighted by atomic mass is 9.87. The highest BCUT2D eigenvalue weighted by Gasteiger charge is 2.27. The van der Waals surface area contributed by atoms with Gasteiger partial charge in [0.2, 0.25) is 0 Å².